The predicted octanol–water partition coefficient (Wildman–Crippen LogP) is 5.63. The van der Waals surface area contributed by atoms with Crippen molar-refractivity contribution >= 4 is 61.8 Å². The van der Waals surface area contributed by atoms with Crippen LogP contribution in [0.3, 0.4) is 0 Å². The minimum Gasteiger partial charge on any atom is -0.372 e. The maximum absolute atomic E-state index is 15.8. The number of aromatic nitrogens is 2. The molecule has 5 aliphatic rings. The van der Waals surface area contributed by atoms with Gasteiger partial charge in [0, 0.05) is 111 Å². The molecule has 7 heterocycles. The van der Waals surface area contributed by atoms with Crippen molar-refractivity contribution in [3.05, 3.63) is 107 Å². The summed E-state index contributed by atoms with van der Waals surface area (Å²) in [5.41, 5.74) is 3.94. The summed E-state index contributed by atoms with van der Waals surface area (Å²) in [6, 6.07) is 16.8. The Morgan fingerprint density at radius 3 is 2.37 bits per heavy atom. The van der Waals surface area contributed by atoms with Gasteiger partial charge < -0.3 is 24.6 Å². The van der Waals surface area contributed by atoms with Gasteiger partial charge in [0.15, 0.2) is 5.82 Å². The predicted molar refractivity (Wildman–Crippen MR) is 246 cm³/mol. The molecule has 0 aliphatic carbocycles. The van der Waals surface area contributed by atoms with Crippen LogP contribution in [0.4, 0.5) is 30.2 Å². The van der Waals surface area contributed by atoms with Crippen LogP contribution in [0, 0.1) is 17.6 Å². The number of carbonyl (C=O) groups is 4. The topological polar surface area (TPSA) is 171 Å². The largest absolute Gasteiger partial charge is 0.372 e. The van der Waals surface area contributed by atoms with Gasteiger partial charge in [0.1, 0.15) is 23.7 Å². The van der Waals surface area contributed by atoms with E-state index in [1.807, 2.05) is 29.0 Å². The summed E-state index contributed by atoms with van der Waals surface area (Å²) in [6.45, 7) is 6.48. The highest BCUT2D eigenvalue weighted by atomic mass is 32.2. The molecule has 0 radical (unpaired) electrons. The van der Waals surface area contributed by atoms with Gasteiger partial charge in [-0.2, -0.15) is 12.7 Å². The van der Waals surface area contributed by atoms with Crippen LogP contribution in [0.5, 0.6) is 0 Å². The maximum atomic E-state index is 15.8. The number of ketones is 1. The van der Waals surface area contributed by atoms with E-state index in [9.17, 15) is 32.0 Å². The van der Waals surface area contributed by atoms with Crippen LogP contribution >= 0.6 is 0 Å². The Morgan fingerprint density at radius 2 is 1.61 bits per heavy atom. The molecular formula is C48H50F3N9O6S. The maximum Gasteiger partial charge on any atom is 0.301 e. The number of rotatable bonds is 11. The summed E-state index contributed by atoms with van der Waals surface area (Å²) >= 11 is 0. The molecule has 67 heavy (non-hydrogen) atoms. The average molecular weight is 938 g/mol. The third-order valence-electron chi connectivity index (χ3n) is 13.9. The number of benzene rings is 3. The Balaban J connectivity index is 0.737. The van der Waals surface area contributed by atoms with E-state index >= 15 is 8.78 Å². The Hall–Kier alpha value is -6.31. The van der Waals surface area contributed by atoms with Crippen molar-refractivity contribution in [2.24, 2.45) is 5.92 Å². The van der Waals surface area contributed by atoms with Gasteiger partial charge in [-0.15, -0.1) is 0 Å². The molecule has 3 N–H and O–H groups in total. The summed E-state index contributed by atoms with van der Waals surface area (Å²) in [4.78, 5) is 67.5. The Morgan fingerprint density at radius 1 is 0.836 bits per heavy atom. The van der Waals surface area contributed by atoms with Crippen molar-refractivity contribution in [3.63, 3.8) is 0 Å². The number of piperidine rings is 2. The van der Waals surface area contributed by atoms with Gasteiger partial charge in [0.25, 0.3) is 5.91 Å². The normalized spacial score (nSPS) is 21.2. The average Bonchev–Trinajstić information content (AvgIpc) is 4.00. The van der Waals surface area contributed by atoms with Crippen LogP contribution in [0.1, 0.15) is 70.4 Å². The monoisotopic (exact) mass is 937 g/mol. The molecule has 4 fully saturated rings. The lowest BCUT2D eigenvalue weighted by Crippen LogP contribution is -2.52. The fourth-order valence-electron chi connectivity index (χ4n) is 10.2. The quantitative estimate of drug-likeness (QED) is 0.111. The van der Waals surface area contributed by atoms with E-state index < -0.39 is 57.0 Å². The Bertz CT molecular complexity index is 2890. The van der Waals surface area contributed by atoms with Gasteiger partial charge in [-0.05, 0) is 104 Å². The molecule has 10 rings (SSSR count). The van der Waals surface area contributed by atoms with E-state index in [0.717, 1.165) is 104 Å². The van der Waals surface area contributed by atoms with Crippen LogP contribution in [0.25, 0.3) is 22.2 Å². The number of nitrogens with one attached hydrogen (secondary N) is 3. The third-order valence-corrected chi connectivity index (χ3v) is 15.4. The highest BCUT2D eigenvalue weighted by molar-refractivity contribution is 7.90. The zero-order valence-corrected chi connectivity index (χ0v) is 37.5. The standard InChI is InChI=1S/C48H50F3N9O6S/c49-33-14-19-59(28-33)67(65,66)55-40-9-8-39(50)43(44(40)51)45(62)38-25-53-46-37(38)23-31(24-52-46)30-2-4-34(5-3-30)58-17-12-29(13-18-58)26-56-15-1-16-57(21-20-56)35-6-7-36-32(22-35)27-60(48(36)64)41-10-11-42(61)54-47(41)63/h2-9,22-25,29,33,41,55H,1,10-21,26-28H2,(H,52,53)(H,54,61,63)/t33-,41?/m1/s1. The molecule has 2 atom stereocenters. The number of nitrogens with zero attached hydrogens (tertiary/aromatic N) is 6. The van der Waals surface area contributed by atoms with Crippen molar-refractivity contribution in [3.8, 4) is 11.1 Å². The number of hydrogen-bond donors (Lipinski definition) is 3. The third kappa shape index (κ3) is 8.87. The summed E-state index contributed by atoms with van der Waals surface area (Å²) in [5.74, 6) is -3.85. The Kier molecular flexibility index (Phi) is 12.0. The van der Waals surface area contributed by atoms with Crippen molar-refractivity contribution in [2.75, 3.05) is 73.4 Å². The van der Waals surface area contributed by atoms with Gasteiger partial charge in [-0.3, -0.25) is 29.2 Å². The molecule has 15 nitrogen and oxygen atoms in total. The summed E-state index contributed by atoms with van der Waals surface area (Å²) in [6.07, 6.45) is 5.33. The van der Waals surface area contributed by atoms with Gasteiger partial charge in [-0.25, -0.2) is 18.2 Å². The van der Waals surface area contributed by atoms with E-state index in [-0.39, 0.29) is 43.3 Å². The van der Waals surface area contributed by atoms with E-state index in [0.29, 0.717) is 41.0 Å². The number of aromatic amines is 1. The molecule has 0 spiro atoms. The molecule has 4 saturated heterocycles. The number of H-pyrrole nitrogens is 1. The molecule has 0 bridgehead atoms. The van der Waals surface area contributed by atoms with Crippen LogP contribution in [0.2, 0.25) is 0 Å². The lowest BCUT2D eigenvalue weighted by molar-refractivity contribution is -0.136. The number of anilines is 3. The SMILES string of the molecule is O=C1CCC(N2Cc3cc(N4CCCN(CC5CCN(c6ccc(-c7cnc8[nH]cc(C(=O)c9c(F)ccc(NS(=O)(=O)N%10CC[C@@H](F)C%10)c9F)c8c7)cc6)CC5)CC4)ccc3C2=O)C(=O)N1. The molecule has 5 aromatic rings. The number of alkyl halides is 1. The van der Waals surface area contributed by atoms with E-state index in [2.05, 4.69) is 48.2 Å². The second-order valence-electron chi connectivity index (χ2n) is 18.1. The number of amides is 3. The molecule has 350 valence electrons. The molecule has 3 amide bonds. The van der Waals surface area contributed by atoms with Crippen LogP contribution < -0.4 is 19.8 Å². The second kappa shape index (κ2) is 18.1. The minimum absolute atomic E-state index is 0.00369. The molecule has 1 unspecified atom stereocenters. The number of carbonyl (C=O) groups excluding carboxylic acids is 4. The first kappa shape index (κ1) is 44.5. The van der Waals surface area contributed by atoms with Crippen LogP contribution in [-0.2, 0) is 26.3 Å². The molecule has 0 saturated carbocycles. The lowest BCUT2D eigenvalue weighted by Gasteiger charge is -2.36. The zero-order chi connectivity index (χ0) is 46.6. The van der Waals surface area contributed by atoms with Crippen molar-refractivity contribution < 1.29 is 40.8 Å². The lowest BCUT2D eigenvalue weighted by atomic mass is 9.95. The van der Waals surface area contributed by atoms with Crippen molar-refractivity contribution in [1.29, 1.82) is 0 Å². The molecule has 19 heteroatoms. The minimum atomic E-state index is -4.36. The number of pyridine rings is 1. The van der Waals surface area contributed by atoms with Gasteiger partial charge in [0.2, 0.25) is 17.6 Å². The highest BCUT2D eigenvalue weighted by Crippen LogP contribution is 2.34. The van der Waals surface area contributed by atoms with Crippen molar-refractivity contribution in [1.82, 2.24) is 29.4 Å². The first-order valence-corrected chi connectivity index (χ1v) is 24.3. The number of fused-ring (bicyclic) bond motifs is 2. The van der Waals surface area contributed by atoms with Gasteiger partial charge in [0.05, 0.1) is 11.3 Å². The van der Waals surface area contributed by atoms with E-state index in [4.69, 9.17) is 0 Å². The summed E-state index contributed by atoms with van der Waals surface area (Å²) in [5, 5.41) is 2.70. The number of hydrogen-bond acceptors (Lipinski definition) is 10. The van der Waals surface area contributed by atoms with Gasteiger partial charge >= 0.3 is 10.2 Å². The first-order valence-electron chi connectivity index (χ1n) is 22.8. The van der Waals surface area contributed by atoms with Crippen LogP contribution in [-0.4, -0.2) is 127 Å². The van der Waals surface area contributed by atoms with Gasteiger partial charge in [-0.1, -0.05) is 12.1 Å². The zero-order valence-electron chi connectivity index (χ0n) is 36.6. The molecule has 5 aliphatic heterocycles. The highest BCUT2D eigenvalue weighted by Gasteiger charge is 2.40. The molecule has 3 aromatic carbocycles. The smallest absolute Gasteiger partial charge is 0.301 e. The van der Waals surface area contributed by atoms with E-state index in [1.54, 1.807) is 17.2 Å². The fraction of sp³-hybridized carbons (Fsp3) is 0.396. The van der Waals surface area contributed by atoms with Crippen molar-refractivity contribution in [2.45, 2.75) is 57.3 Å². The number of imide groups is 1. The first-order chi connectivity index (χ1) is 32.3. The Labute approximate surface area is 385 Å². The number of halogens is 3. The summed E-state index contributed by atoms with van der Waals surface area (Å²) < 4.78 is 73.2. The summed E-state index contributed by atoms with van der Waals surface area (Å²) in [7, 11) is -4.36. The molecular weight excluding hydrogens is 888 g/mol. The fourth-order valence-corrected chi connectivity index (χ4v) is 11.5. The second-order valence-corrected chi connectivity index (χ2v) is 19.8. The van der Waals surface area contributed by atoms with Crippen LogP contribution in [0.15, 0.2) is 73.1 Å². The molecule has 2 aromatic heterocycles. The van der Waals surface area contributed by atoms with E-state index in [1.165, 1.54) is 6.20 Å².